The van der Waals surface area contributed by atoms with Crippen molar-refractivity contribution >= 4 is 7.32 Å². The van der Waals surface area contributed by atoms with Crippen molar-refractivity contribution < 1.29 is 56.3 Å². The van der Waals surface area contributed by atoms with Crippen molar-refractivity contribution in [2.75, 3.05) is 0 Å². The van der Waals surface area contributed by atoms with Gasteiger partial charge >= 0.3 is 7.32 Å². The van der Waals surface area contributed by atoms with Gasteiger partial charge in [-0.1, -0.05) is 0 Å². The maximum Gasteiger partial charge on any atom is 0.631 e. The zero-order chi connectivity index (χ0) is 3.58. The quantitative estimate of drug-likeness (QED) is 0.364. The average Bonchev–Trinajstić information content (AvgIpc) is 0.811. The molecule has 0 aliphatic heterocycles. The number of hydrogen-bond acceptors (Lipinski definition) is 3. The monoisotopic (exact) mass is 249 g/mol. The van der Waals surface area contributed by atoms with E-state index in [2.05, 4.69) is 0 Å². The predicted octanol–water partition coefficient (Wildman–Crippen LogP) is -1.44. The predicted molar refractivity (Wildman–Crippen MR) is 22.4 cm³/mol. The Morgan fingerprint density at radius 1 is 0.667 bits per heavy atom. The maximum absolute atomic E-state index is 7.17. The van der Waals surface area contributed by atoms with Crippen molar-refractivity contribution in [3.05, 3.63) is 0 Å². The third kappa shape index (κ3) is 2100. The van der Waals surface area contributed by atoms with Gasteiger partial charge in [0.25, 0.3) is 0 Å². The molecule has 3 nitrogen and oxygen atoms in total. The summed E-state index contributed by atoms with van der Waals surface area (Å²) in [5.41, 5.74) is 0. The van der Waals surface area contributed by atoms with E-state index in [-0.39, 0.29) is 41.2 Å². The second-order valence-electron chi connectivity index (χ2n) is 0.346. The molecule has 1 radical (unpaired) electrons. The molecule has 0 unspecified atom stereocenters. The Labute approximate surface area is 64.2 Å². The molecule has 0 heterocycles. The van der Waals surface area contributed by atoms with Crippen molar-refractivity contribution in [3.63, 3.8) is 0 Å². The molecule has 0 spiro atoms. The van der Waals surface area contributed by atoms with Crippen LogP contribution in [-0.4, -0.2) is 22.4 Å². The van der Waals surface area contributed by atoms with E-state index < -0.39 is 7.32 Å². The van der Waals surface area contributed by atoms with Crippen molar-refractivity contribution in [1.29, 1.82) is 0 Å². The average molecular weight is 250 g/mol. The zero-order valence-electron chi connectivity index (χ0n) is 3.85. The van der Waals surface area contributed by atoms with E-state index in [4.69, 9.17) is 15.1 Å². The summed E-state index contributed by atoms with van der Waals surface area (Å²) >= 11 is 0. The van der Waals surface area contributed by atoms with Crippen LogP contribution in [-0.2, 0) is 22.4 Å². The van der Waals surface area contributed by atoms with Gasteiger partial charge in [0, 0.05) is 22.4 Å². The molecule has 0 atom stereocenters. The smallest absolute Gasteiger partial charge is 0.402 e. The molecule has 0 aromatic rings. The van der Waals surface area contributed by atoms with Crippen LogP contribution in [0.3, 0.4) is 0 Å². The molecular weight excluding hydrogens is 243 g/mol. The molecule has 9 heteroatoms. The molecule has 0 saturated carbocycles. The Hall–Kier alpha value is 0.405. The van der Waals surface area contributed by atoms with Crippen LogP contribution < -0.4 is 0 Å². The summed E-state index contributed by atoms with van der Waals surface area (Å²) in [4.78, 5) is 0. The van der Waals surface area contributed by atoms with Gasteiger partial charge in [-0.05, 0) is 0 Å². The van der Waals surface area contributed by atoms with Crippen LogP contribution in [0.25, 0.3) is 0 Å². The molecule has 0 saturated heterocycles. The second kappa shape index (κ2) is 39.7. The molecule has 3 N–H and O–H groups in total. The van der Waals surface area contributed by atoms with Gasteiger partial charge in [0.15, 0.2) is 0 Å². The Balaban J connectivity index is -0.00000000450. The Morgan fingerprint density at radius 2 is 0.667 bits per heavy atom. The van der Waals surface area contributed by atoms with E-state index >= 15 is 0 Å². The topological polar surface area (TPSA) is 60.7 Å². The van der Waals surface area contributed by atoms with Crippen LogP contribution in [0.5, 0.6) is 0 Å². The van der Waals surface area contributed by atoms with Gasteiger partial charge in [-0.15, -0.1) is 0 Å². The third-order valence-corrected chi connectivity index (χ3v) is 0. The van der Waals surface area contributed by atoms with Gasteiger partial charge < -0.3 is 15.1 Å². The minimum Gasteiger partial charge on any atom is -0.402 e. The summed E-state index contributed by atoms with van der Waals surface area (Å²) in [6.07, 6.45) is 0. The maximum atomic E-state index is 7.17. The standard InChI is InChI=1S/Ag.BH3O3.4FH/c;2-1(3)4;;;;/h;2-4H;4*1H. The fourth-order valence-corrected chi connectivity index (χ4v) is 0. The van der Waals surface area contributed by atoms with Gasteiger partial charge in [-0.3, -0.25) is 18.8 Å². The molecular formula is H7AgBF4O3. The summed E-state index contributed by atoms with van der Waals surface area (Å²) in [5.74, 6) is 0. The first-order valence-corrected chi connectivity index (χ1v) is 0.775. The molecule has 0 rings (SSSR count). The molecule has 0 aliphatic carbocycles. The minimum absolute atomic E-state index is 0. The fraction of sp³-hybridized carbons (Fsp3) is 0. The van der Waals surface area contributed by atoms with Crippen LogP contribution in [0, 0.1) is 0 Å². The van der Waals surface area contributed by atoms with E-state index in [1.807, 2.05) is 0 Å². The Bertz CT molecular complexity index is 20.5. The van der Waals surface area contributed by atoms with Gasteiger partial charge in [0.2, 0.25) is 0 Å². The van der Waals surface area contributed by atoms with Gasteiger partial charge in [0.05, 0.1) is 0 Å². The number of halogens is 4. The van der Waals surface area contributed by atoms with Gasteiger partial charge in [0.1, 0.15) is 0 Å². The summed E-state index contributed by atoms with van der Waals surface area (Å²) in [7, 11) is -2.17. The van der Waals surface area contributed by atoms with E-state index in [0.29, 0.717) is 0 Å². The van der Waals surface area contributed by atoms with Crippen LogP contribution >= 0.6 is 0 Å². The fourth-order valence-electron chi connectivity index (χ4n) is 0. The third-order valence-electron chi connectivity index (χ3n) is 0. The second-order valence-corrected chi connectivity index (χ2v) is 0.346. The number of rotatable bonds is 0. The van der Waals surface area contributed by atoms with Crippen molar-refractivity contribution in [2.24, 2.45) is 0 Å². The molecule has 0 aliphatic rings. The zero-order valence-corrected chi connectivity index (χ0v) is 5.34. The Kier molecular flexibility index (Phi) is 253. The molecule has 0 aromatic heterocycles. The normalized spacial score (nSPS) is 3.00. The largest absolute Gasteiger partial charge is 0.631 e. The molecule has 0 bridgehead atoms. The van der Waals surface area contributed by atoms with E-state index in [1.54, 1.807) is 0 Å². The van der Waals surface area contributed by atoms with Crippen LogP contribution in [0.1, 0.15) is 0 Å². The number of hydrogen-bond donors (Lipinski definition) is 3. The summed E-state index contributed by atoms with van der Waals surface area (Å²) in [6, 6.07) is 0. The van der Waals surface area contributed by atoms with Gasteiger partial charge in [-0.25, -0.2) is 0 Å². The Morgan fingerprint density at radius 3 is 0.667 bits per heavy atom. The molecule has 0 fully saturated rings. The summed E-state index contributed by atoms with van der Waals surface area (Å²) in [6.45, 7) is 0. The summed E-state index contributed by atoms with van der Waals surface area (Å²) < 4.78 is 0. The minimum atomic E-state index is -2.17. The molecule has 0 amide bonds. The van der Waals surface area contributed by atoms with Gasteiger partial charge in [-0.2, -0.15) is 0 Å². The van der Waals surface area contributed by atoms with Crippen LogP contribution in [0.15, 0.2) is 0 Å². The van der Waals surface area contributed by atoms with Crippen molar-refractivity contribution in [1.82, 2.24) is 0 Å². The first-order valence-electron chi connectivity index (χ1n) is 0.775. The van der Waals surface area contributed by atoms with E-state index in [0.717, 1.165) is 0 Å². The van der Waals surface area contributed by atoms with Crippen molar-refractivity contribution in [2.45, 2.75) is 0 Å². The van der Waals surface area contributed by atoms with Crippen LogP contribution in [0.4, 0.5) is 18.8 Å². The SMILES string of the molecule is F.F.F.F.OB(O)O.[Ag]. The molecule has 0 aromatic carbocycles. The summed E-state index contributed by atoms with van der Waals surface area (Å²) in [5, 5.41) is 21.5. The first kappa shape index (κ1) is 57.3. The van der Waals surface area contributed by atoms with Crippen LogP contribution in [0.2, 0.25) is 0 Å². The molecule has 67 valence electrons. The van der Waals surface area contributed by atoms with E-state index in [1.165, 1.54) is 0 Å². The first-order chi connectivity index (χ1) is 1.73. The van der Waals surface area contributed by atoms with E-state index in [9.17, 15) is 0 Å². The molecule has 9 heavy (non-hydrogen) atoms. The van der Waals surface area contributed by atoms with Crippen molar-refractivity contribution in [3.8, 4) is 0 Å².